The van der Waals surface area contributed by atoms with Gasteiger partial charge in [-0.1, -0.05) is 41.0 Å². The van der Waals surface area contributed by atoms with Gasteiger partial charge in [0.25, 0.3) is 0 Å². The Morgan fingerprint density at radius 1 is 1.25 bits per heavy atom. The topological polar surface area (TPSA) is 57.3 Å². The summed E-state index contributed by atoms with van der Waals surface area (Å²) in [5.74, 6) is -0.150. The maximum Gasteiger partial charge on any atom is 0.441 e. The molecule has 0 atom stereocenters. The van der Waals surface area contributed by atoms with Crippen LogP contribution in [0, 0.1) is 5.82 Å². The number of para-hydroxylation sites is 1. The molecule has 24 heavy (non-hydrogen) atoms. The van der Waals surface area contributed by atoms with E-state index in [-0.39, 0.29) is 29.4 Å². The van der Waals surface area contributed by atoms with Gasteiger partial charge in [0, 0.05) is 22.6 Å². The maximum absolute atomic E-state index is 14.0. The Morgan fingerprint density at radius 3 is 2.79 bits per heavy atom. The molecule has 0 fully saturated rings. The average molecular weight is 349 g/mol. The second-order valence-electron chi connectivity index (χ2n) is 5.14. The second-order valence-corrected chi connectivity index (χ2v) is 5.55. The van der Waals surface area contributed by atoms with Crippen LogP contribution in [0.2, 0.25) is 5.02 Å². The van der Waals surface area contributed by atoms with Crippen molar-refractivity contribution in [3.63, 3.8) is 0 Å². The minimum absolute atomic E-state index is 0.0480. The van der Waals surface area contributed by atoms with Gasteiger partial charge in [-0.2, -0.15) is 0 Å². The van der Waals surface area contributed by atoms with Crippen LogP contribution in [0.25, 0.3) is 0 Å². The van der Waals surface area contributed by atoms with Crippen molar-refractivity contribution in [1.29, 1.82) is 0 Å². The first-order valence-corrected chi connectivity index (χ1v) is 7.58. The van der Waals surface area contributed by atoms with Gasteiger partial charge < -0.3 is 4.74 Å². The molecular weight excluding hydrogens is 335 g/mol. The Labute approximate surface area is 142 Å². The summed E-state index contributed by atoms with van der Waals surface area (Å²) in [6.45, 7) is 0.202. The van der Waals surface area contributed by atoms with Crippen molar-refractivity contribution in [1.82, 2.24) is 9.72 Å². The van der Waals surface area contributed by atoms with Crippen molar-refractivity contribution in [2.24, 2.45) is 0 Å². The van der Waals surface area contributed by atoms with E-state index in [2.05, 4.69) is 5.16 Å². The Kier molecular flexibility index (Phi) is 4.66. The third-order valence-electron chi connectivity index (χ3n) is 3.68. The van der Waals surface area contributed by atoms with E-state index in [4.69, 9.17) is 20.9 Å². The van der Waals surface area contributed by atoms with E-state index in [0.29, 0.717) is 5.75 Å². The van der Waals surface area contributed by atoms with Gasteiger partial charge in [0.1, 0.15) is 11.6 Å². The van der Waals surface area contributed by atoms with Crippen LogP contribution in [-0.2, 0) is 13.0 Å². The lowest BCUT2D eigenvalue weighted by Crippen LogP contribution is -2.18. The Morgan fingerprint density at radius 2 is 2.04 bits per heavy atom. The van der Waals surface area contributed by atoms with Crippen molar-refractivity contribution in [3.8, 4) is 5.75 Å². The summed E-state index contributed by atoms with van der Waals surface area (Å²) in [7, 11) is 1.55. The molecule has 1 aromatic heterocycles. The SMILES string of the molecule is COc1ccccc1Cn1c(Cc2c(F)cccc2Cl)noc1=O. The number of halogens is 2. The van der Waals surface area contributed by atoms with Crippen molar-refractivity contribution in [2.45, 2.75) is 13.0 Å². The summed E-state index contributed by atoms with van der Waals surface area (Å²) in [5.41, 5.74) is 1.05. The highest BCUT2D eigenvalue weighted by Gasteiger charge is 2.17. The standard InChI is InChI=1S/C17H14ClFN2O3/c1-23-15-8-3-2-5-11(15)10-21-16(20-24-17(21)22)9-12-13(18)6-4-7-14(12)19/h2-8H,9-10H2,1H3. The number of hydrogen-bond donors (Lipinski definition) is 0. The molecule has 0 bridgehead atoms. The average Bonchev–Trinajstić information content (AvgIpc) is 2.92. The molecule has 5 nitrogen and oxygen atoms in total. The highest BCUT2D eigenvalue weighted by atomic mass is 35.5. The van der Waals surface area contributed by atoms with Crippen molar-refractivity contribution >= 4 is 11.6 Å². The van der Waals surface area contributed by atoms with Crippen LogP contribution >= 0.6 is 11.6 Å². The summed E-state index contributed by atoms with van der Waals surface area (Å²) in [6.07, 6.45) is 0.0480. The first kappa shape index (κ1) is 16.3. The molecule has 3 rings (SSSR count). The van der Waals surface area contributed by atoms with Gasteiger partial charge in [-0.3, -0.25) is 9.09 Å². The normalized spacial score (nSPS) is 10.8. The molecule has 1 heterocycles. The fourth-order valence-electron chi connectivity index (χ4n) is 2.44. The van der Waals surface area contributed by atoms with Crippen LogP contribution in [-0.4, -0.2) is 16.8 Å². The third kappa shape index (κ3) is 3.19. The lowest BCUT2D eigenvalue weighted by molar-refractivity contribution is 0.373. The number of rotatable bonds is 5. The minimum Gasteiger partial charge on any atom is -0.496 e. The molecule has 0 aliphatic carbocycles. The summed E-state index contributed by atoms with van der Waals surface area (Å²) in [5, 5.41) is 4.03. The molecule has 0 amide bonds. The maximum atomic E-state index is 14.0. The highest BCUT2D eigenvalue weighted by Crippen LogP contribution is 2.23. The number of aromatic nitrogens is 2. The summed E-state index contributed by atoms with van der Waals surface area (Å²) >= 11 is 6.04. The van der Waals surface area contributed by atoms with Gasteiger partial charge in [0.05, 0.1) is 13.7 Å². The van der Waals surface area contributed by atoms with Crippen LogP contribution in [0.3, 0.4) is 0 Å². The first-order chi connectivity index (χ1) is 11.6. The quantitative estimate of drug-likeness (QED) is 0.710. The predicted octanol–water partition coefficient (Wildman–Crippen LogP) is 3.28. The molecule has 0 radical (unpaired) electrons. The molecule has 0 unspecified atom stereocenters. The van der Waals surface area contributed by atoms with Gasteiger partial charge in [-0.05, 0) is 18.2 Å². The predicted molar refractivity (Wildman–Crippen MR) is 87.1 cm³/mol. The largest absolute Gasteiger partial charge is 0.496 e. The van der Waals surface area contributed by atoms with E-state index in [1.807, 2.05) is 18.2 Å². The molecule has 3 aromatic rings. The van der Waals surface area contributed by atoms with E-state index < -0.39 is 11.6 Å². The van der Waals surface area contributed by atoms with Crippen LogP contribution in [0.4, 0.5) is 4.39 Å². The molecule has 7 heteroatoms. The van der Waals surface area contributed by atoms with Gasteiger partial charge >= 0.3 is 5.76 Å². The molecule has 0 aliphatic rings. The molecule has 0 aliphatic heterocycles. The van der Waals surface area contributed by atoms with E-state index in [1.54, 1.807) is 19.2 Å². The number of hydrogen-bond acceptors (Lipinski definition) is 4. The molecule has 0 N–H and O–H groups in total. The Hall–Kier alpha value is -2.60. The van der Waals surface area contributed by atoms with Crippen LogP contribution in [0.1, 0.15) is 17.0 Å². The fourth-order valence-corrected chi connectivity index (χ4v) is 2.67. The lowest BCUT2D eigenvalue weighted by Gasteiger charge is -2.10. The van der Waals surface area contributed by atoms with E-state index in [0.717, 1.165) is 5.56 Å². The summed E-state index contributed by atoms with van der Waals surface area (Å²) < 4.78 is 25.3. The zero-order chi connectivity index (χ0) is 17.1. The number of ether oxygens (including phenoxy) is 1. The van der Waals surface area contributed by atoms with Gasteiger partial charge in [0.2, 0.25) is 0 Å². The first-order valence-electron chi connectivity index (χ1n) is 7.20. The summed E-state index contributed by atoms with van der Waals surface area (Å²) in [4.78, 5) is 12.0. The smallest absolute Gasteiger partial charge is 0.441 e. The lowest BCUT2D eigenvalue weighted by atomic mass is 10.1. The second kappa shape index (κ2) is 6.88. The van der Waals surface area contributed by atoms with Gasteiger partial charge in [-0.15, -0.1) is 0 Å². The van der Waals surface area contributed by atoms with E-state index in [1.165, 1.54) is 16.7 Å². The van der Waals surface area contributed by atoms with Crippen molar-refractivity contribution in [2.75, 3.05) is 7.11 Å². The zero-order valence-corrected chi connectivity index (χ0v) is 13.6. The monoisotopic (exact) mass is 348 g/mol. The molecule has 0 saturated heterocycles. The molecule has 0 spiro atoms. The molecule has 2 aromatic carbocycles. The van der Waals surface area contributed by atoms with E-state index >= 15 is 0 Å². The number of nitrogens with zero attached hydrogens (tertiary/aromatic N) is 2. The summed E-state index contributed by atoms with van der Waals surface area (Å²) in [6, 6.07) is 11.7. The van der Waals surface area contributed by atoms with Crippen LogP contribution < -0.4 is 10.5 Å². The third-order valence-corrected chi connectivity index (χ3v) is 4.03. The molecule has 124 valence electrons. The molecule has 0 saturated carbocycles. The van der Waals surface area contributed by atoms with Crippen LogP contribution in [0.5, 0.6) is 5.75 Å². The molecular formula is C17H14ClFN2O3. The fraction of sp³-hybridized carbons (Fsp3) is 0.176. The van der Waals surface area contributed by atoms with Crippen LogP contribution in [0.15, 0.2) is 51.8 Å². The van der Waals surface area contributed by atoms with Crippen molar-refractivity contribution < 1.29 is 13.7 Å². The van der Waals surface area contributed by atoms with E-state index in [9.17, 15) is 9.18 Å². The highest BCUT2D eigenvalue weighted by molar-refractivity contribution is 6.31. The van der Waals surface area contributed by atoms with Gasteiger partial charge in [-0.25, -0.2) is 9.18 Å². The Bertz CT molecular complexity index is 900. The zero-order valence-electron chi connectivity index (χ0n) is 12.8. The van der Waals surface area contributed by atoms with Crippen molar-refractivity contribution in [3.05, 3.63) is 80.8 Å². The van der Waals surface area contributed by atoms with Gasteiger partial charge in [0.15, 0.2) is 5.82 Å². The Balaban J connectivity index is 1.96. The number of methoxy groups -OCH3 is 1. The minimum atomic E-state index is -0.622. The number of benzene rings is 2.